The Kier molecular flexibility index (Phi) is 4.05. The van der Waals surface area contributed by atoms with Crippen molar-refractivity contribution in [2.24, 2.45) is 5.41 Å². The second kappa shape index (κ2) is 6.08. The Bertz CT molecular complexity index is 728. The highest BCUT2D eigenvalue weighted by Crippen LogP contribution is 2.40. The highest BCUT2D eigenvalue weighted by molar-refractivity contribution is 5.88. The second-order valence-electron chi connectivity index (χ2n) is 7.90. The Hall–Kier alpha value is -1.52. The highest BCUT2D eigenvalue weighted by Gasteiger charge is 2.39. The van der Waals surface area contributed by atoms with Gasteiger partial charge in [-0.15, -0.1) is 0 Å². The average molecular weight is 327 g/mol. The number of piperidine rings is 1. The molecule has 4 heteroatoms. The van der Waals surface area contributed by atoms with Gasteiger partial charge in [0.2, 0.25) is 0 Å². The van der Waals surface area contributed by atoms with Crippen LogP contribution in [0.15, 0.2) is 18.3 Å². The van der Waals surface area contributed by atoms with Crippen LogP contribution >= 0.6 is 0 Å². The third kappa shape index (κ3) is 2.72. The molecular formula is C20H29N3O. The summed E-state index contributed by atoms with van der Waals surface area (Å²) in [7, 11) is 4.05. The highest BCUT2D eigenvalue weighted by atomic mass is 16.5. The topological polar surface area (TPSA) is 31.5 Å². The first-order chi connectivity index (χ1) is 11.6. The fourth-order valence-electron chi connectivity index (χ4n) is 4.76. The van der Waals surface area contributed by atoms with E-state index in [-0.39, 0.29) is 0 Å². The molecule has 0 amide bonds. The van der Waals surface area contributed by atoms with E-state index in [9.17, 15) is 0 Å². The molecule has 24 heavy (non-hydrogen) atoms. The number of nitrogens with one attached hydrogen (secondary N) is 1. The van der Waals surface area contributed by atoms with Crippen LogP contribution in [0.5, 0.6) is 5.75 Å². The Morgan fingerprint density at radius 1 is 1.21 bits per heavy atom. The predicted octanol–water partition coefficient (Wildman–Crippen LogP) is 3.40. The number of hydrogen-bond acceptors (Lipinski definition) is 3. The van der Waals surface area contributed by atoms with Crippen molar-refractivity contribution < 1.29 is 4.74 Å². The van der Waals surface area contributed by atoms with Gasteiger partial charge in [0.25, 0.3) is 0 Å². The minimum absolute atomic E-state index is 0.589. The number of aromatic nitrogens is 1. The van der Waals surface area contributed by atoms with Gasteiger partial charge in [0.15, 0.2) is 0 Å². The smallest absolute Gasteiger partial charge is 0.124 e. The molecule has 2 aliphatic heterocycles. The van der Waals surface area contributed by atoms with Gasteiger partial charge in [-0.3, -0.25) is 4.90 Å². The monoisotopic (exact) mass is 327 g/mol. The van der Waals surface area contributed by atoms with Gasteiger partial charge in [0.1, 0.15) is 5.75 Å². The molecule has 1 aromatic heterocycles. The number of fused-ring (bicyclic) bond motifs is 1. The maximum Gasteiger partial charge on any atom is 0.124 e. The molecule has 4 rings (SSSR count). The number of ether oxygens (including phenoxy) is 1. The van der Waals surface area contributed by atoms with Gasteiger partial charge in [-0.2, -0.15) is 0 Å². The first-order valence-electron chi connectivity index (χ1n) is 9.15. The first kappa shape index (κ1) is 16.0. The molecule has 2 aliphatic rings. The summed E-state index contributed by atoms with van der Waals surface area (Å²) < 4.78 is 5.71. The van der Waals surface area contributed by atoms with Gasteiger partial charge in [0.05, 0.1) is 7.11 Å². The number of aryl methyl sites for hydroxylation is 1. The molecule has 2 saturated heterocycles. The van der Waals surface area contributed by atoms with Crippen LogP contribution in [0.4, 0.5) is 0 Å². The second-order valence-corrected chi connectivity index (χ2v) is 7.90. The molecule has 4 nitrogen and oxygen atoms in total. The average Bonchev–Trinajstić information content (AvgIpc) is 3.20. The lowest BCUT2D eigenvalue weighted by molar-refractivity contribution is 0.105. The quantitative estimate of drug-likeness (QED) is 0.937. The standard InChI is InChI=1S/C20H29N3O/c1-15-12-18(24-3)17(16-4-8-21-19(15)16)13-23-10-6-20(7-11-23)5-9-22(2)14-20/h4,8,12,21H,5-7,9-11,13-14H2,1-3H3. The maximum atomic E-state index is 5.71. The van der Waals surface area contributed by atoms with Crippen molar-refractivity contribution in [3.05, 3.63) is 29.5 Å². The molecule has 1 N–H and O–H groups in total. The summed E-state index contributed by atoms with van der Waals surface area (Å²) >= 11 is 0. The van der Waals surface area contributed by atoms with E-state index in [4.69, 9.17) is 4.74 Å². The summed E-state index contributed by atoms with van der Waals surface area (Å²) in [6, 6.07) is 4.36. The molecule has 3 heterocycles. The summed E-state index contributed by atoms with van der Waals surface area (Å²) in [5, 5.41) is 1.31. The van der Waals surface area contributed by atoms with Crippen LogP contribution in [0.3, 0.4) is 0 Å². The third-order valence-electron chi connectivity index (χ3n) is 6.26. The zero-order valence-corrected chi connectivity index (χ0v) is 15.2. The van der Waals surface area contributed by atoms with E-state index in [1.165, 1.54) is 67.5 Å². The molecule has 0 aliphatic carbocycles. The van der Waals surface area contributed by atoms with Crippen LogP contribution in [0.25, 0.3) is 10.9 Å². The molecule has 2 aromatic rings. The van der Waals surface area contributed by atoms with Crippen LogP contribution in [0, 0.1) is 12.3 Å². The molecule has 2 fully saturated rings. The van der Waals surface area contributed by atoms with E-state index < -0.39 is 0 Å². The largest absolute Gasteiger partial charge is 0.496 e. The molecule has 130 valence electrons. The Labute approximate surface area is 144 Å². The van der Waals surface area contributed by atoms with Gasteiger partial charge in [0, 0.05) is 35.8 Å². The Morgan fingerprint density at radius 2 is 1.96 bits per heavy atom. The maximum absolute atomic E-state index is 5.71. The minimum atomic E-state index is 0.589. The number of hydrogen-bond donors (Lipinski definition) is 1. The SMILES string of the molecule is COc1cc(C)c2[nH]ccc2c1CN1CCC2(CCN(C)C2)CC1. The lowest BCUT2D eigenvalue weighted by Gasteiger charge is -2.39. The third-order valence-corrected chi connectivity index (χ3v) is 6.26. The van der Waals surface area contributed by atoms with E-state index in [1.54, 1.807) is 7.11 Å². The minimum Gasteiger partial charge on any atom is -0.496 e. The zero-order valence-electron chi connectivity index (χ0n) is 15.2. The Morgan fingerprint density at radius 3 is 2.62 bits per heavy atom. The van der Waals surface area contributed by atoms with Gasteiger partial charge in [-0.1, -0.05) is 0 Å². The number of H-pyrrole nitrogens is 1. The van der Waals surface area contributed by atoms with Crippen molar-refractivity contribution in [3.8, 4) is 5.75 Å². The van der Waals surface area contributed by atoms with Crippen LogP contribution in [0.1, 0.15) is 30.4 Å². The molecule has 0 unspecified atom stereocenters. The summed E-state index contributed by atoms with van der Waals surface area (Å²) in [5.41, 5.74) is 4.42. The van der Waals surface area contributed by atoms with Crippen molar-refractivity contribution in [3.63, 3.8) is 0 Å². The summed E-state index contributed by atoms with van der Waals surface area (Å²) in [4.78, 5) is 8.50. The number of aromatic amines is 1. The van der Waals surface area contributed by atoms with Crippen molar-refractivity contribution in [2.75, 3.05) is 40.3 Å². The predicted molar refractivity (Wildman–Crippen MR) is 98.6 cm³/mol. The lowest BCUT2D eigenvalue weighted by Crippen LogP contribution is -2.41. The van der Waals surface area contributed by atoms with Crippen molar-refractivity contribution in [1.29, 1.82) is 0 Å². The Balaban J connectivity index is 1.53. The number of methoxy groups -OCH3 is 1. The van der Waals surface area contributed by atoms with Gasteiger partial charge in [-0.05, 0) is 76.0 Å². The normalized spacial score (nSPS) is 21.8. The zero-order chi connectivity index (χ0) is 16.7. The molecule has 0 bridgehead atoms. The van der Waals surface area contributed by atoms with Crippen LogP contribution in [-0.2, 0) is 6.54 Å². The van der Waals surface area contributed by atoms with Gasteiger partial charge < -0.3 is 14.6 Å². The number of likely N-dealkylation sites (tertiary alicyclic amines) is 2. The first-order valence-corrected chi connectivity index (χ1v) is 9.15. The molecule has 0 atom stereocenters. The van der Waals surface area contributed by atoms with Crippen LogP contribution in [-0.4, -0.2) is 55.1 Å². The molecule has 0 saturated carbocycles. The summed E-state index contributed by atoms with van der Waals surface area (Å²) in [6.07, 6.45) is 6.09. The van der Waals surface area contributed by atoms with E-state index in [0.29, 0.717) is 5.41 Å². The summed E-state index contributed by atoms with van der Waals surface area (Å²) in [5.74, 6) is 1.03. The van der Waals surface area contributed by atoms with Crippen molar-refractivity contribution >= 4 is 10.9 Å². The molecule has 1 aromatic carbocycles. The number of nitrogens with zero attached hydrogens (tertiary/aromatic N) is 2. The van der Waals surface area contributed by atoms with E-state index in [1.807, 2.05) is 6.20 Å². The molecule has 0 radical (unpaired) electrons. The fourth-order valence-corrected chi connectivity index (χ4v) is 4.76. The molecule has 1 spiro atoms. The number of rotatable bonds is 3. The number of benzene rings is 1. The molecular weight excluding hydrogens is 298 g/mol. The van der Waals surface area contributed by atoms with E-state index in [2.05, 4.69) is 40.9 Å². The van der Waals surface area contributed by atoms with Gasteiger partial charge >= 0.3 is 0 Å². The van der Waals surface area contributed by atoms with E-state index >= 15 is 0 Å². The van der Waals surface area contributed by atoms with Crippen LogP contribution in [0.2, 0.25) is 0 Å². The van der Waals surface area contributed by atoms with Gasteiger partial charge in [-0.25, -0.2) is 0 Å². The van der Waals surface area contributed by atoms with Crippen LogP contribution < -0.4 is 4.74 Å². The van der Waals surface area contributed by atoms with Crippen molar-refractivity contribution in [1.82, 2.24) is 14.8 Å². The van der Waals surface area contributed by atoms with Crippen molar-refractivity contribution in [2.45, 2.75) is 32.7 Å². The summed E-state index contributed by atoms with van der Waals surface area (Å²) in [6.45, 7) is 8.11. The van der Waals surface area contributed by atoms with E-state index in [0.717, 1.165) is 12.3 Å². The lowest BCUT2D eigenvalue weighted by atomic mass is 9.77. The fraction of sp³-hybridized carbons (Fsp3) is 0.600.